The summed E-state index contributed by atoms with van der Waals surface area (Å²) in [5.41, 5.74) is 1.84. The number of aryl methyl sites for hydroxylation is 1. The van der Waals surface area contributed by atoms with Crippen LogP contribution >= 0.6 is 11.8 Å². The fraction of sp³-hybridized carbons (Fsp3) is 0.438. The number of carboxylic acid groups (broad SMARTS) is 1. The Labute approximate surface area is 150 Å². The van der Waals surface area contributed by atoms with Crippen LogP contribution in [0.15, 0.2) is 29.3 Å². The summed E-state index contributed by atoms with van der Waals surface area (Å²) in [4.78, 5) is 28.3. The zero-order chi connectivity index (χ0) is 18.2. The number of aliphatic imine (C=N–C) groups is 1. The van der Waals surface area contributed by atoms with Gasteiger partial charge in [-0.15, -0.1) is 0 Å². The van der Waals surface area contributed by atoms with Gasteiger partial charge in [-0.3, -0.25) is 4.79 Å². The van der Waals surface area contributed by atoms with E-state index in [1.807, 2.05) is 31.2 Å². The van der Waals surface area contributed by atoms with Crippen molar-refractivity contribution in [3.8, 4) is 0 Å². The Balaban J connectivity index is 1.90. The first kappa shape index (κ1) is 17.9. The van der Waals surface area contributed by atoms with E-state index >= 15 is 0 Å². The van der Waals surface area contributed by atoms with E-state index in [2.05, 4.69) is 4.99 Å². The second-order valence-corrected chi connectivity index (χ2v) is 9.53. The molecule has 2 heterocycles. The van der Waals surface area contributed by atoms with Crippen molar-refractivity contribution >= 4 is 44.3 Å². The number of carboxylic acids is 1. The Hall–Kier alpha value is -1.87. The number of aliphatic carboxylic acids is 1. The smallest absolute Gasteiger partial charge is 0.248 e. The summed E-state index contributed by atoms with van der Waals surface area (Å²) < 4.78 is 23.9. The molecule has 0 radical (unpaired) electrons. The first-order valence-electron chi connectivity index (χ1n) is 7.79. The van der Waals surface area contributed by atoms with Gasteiger partial charge in [0.05, 0.1) is 17.5 Å². The zero-order valence-corrected chi connectivity index (χ0v) is 15.2. The van der Waals surface area contributed by atoms with Crippen LogP contribution in [0.1, 0.15) is 18.4 Å². The van der Waals surface area contributed by atoms with Crippen molar-refractivity contribution in [2.45, 2.75) is 31.1 Å². The normalized spacial score (nSPS) is 26.0. The molecule has 0 unspecified atom stereocenters. The van der Waals surface area contributed by atoms with E-state index in [1.54, 1.807) is 4.90 Å². The number of benzene rings is 1. The second kappa shape index (κ2) is 6.80. The van der Waals surface area contributed by atoms with Gasteiger partial charge in [0, 0.05) is 23.3 Å². The van der Waals surface area contributed by atoms with Gasteiger partial charge in [0.25, 0.3) is 0 Å². The van der Waals surface area contributed by atoms with Crippen LogP contribution in [0, 0.1) is 6.92 Å². The molecule has 0 aromatic heterocycles. The van der Waals surface area contributed by atoms with Crippen LogP contribution < -0.4 is 10.0 Å². The number of fused-ring (bicyclic) bond motifs is 1. The number of hydrogen-bond donors (Lipinski definition) is 0. The predicted molar refractivity (Wildman–Crippen MR) is 94.2 cm³/mol. The maximum absolute atomic E-state index is 12.0. The first-order chi connectivity index (χ1) is 11.7. The highest BCUT2D eigenvalue weighted by atomic mass is 32.2. The number of amidine groups is 1. The van der Waals surface area contributed by atoms with Gasteiger partial charge in [-0.05, 0) is 25.5 Å². The monoisotopic (exact) mass is 381 g/mol. The van der Waals surface area contributed by atoms with Crippen LogP contribution in [-0.4, -0.2) is 48.3 Å². The Morgan fingerprint density at radius 3 is 2.56 bits per heavy atom. The lowest BCUT2D eigenvalue weighted by atomic mass is 10.1. The molecule has 1 aromatic rings. The average molecular weight is 381 g/mol. The lowest BCUT2D eigenvalue weighted by Gasteiger charge is -2.24. The Kier molecular flexibility index (Phi) is 4.88. The van der Waals surface area contributed by atoms with Crippen molar-refractivity contribution in [2.75, 3.05) is 16.4 Å². The Bertz CT molecular complexity index is 833. The topological polar surface area (TPSA) is 107 Å². The highest BCUT2D eigenvalue weighted by molar-refractivity contribution is 8.16. The third-order valence-electron chi connectivity index (χ3n) is 4.14. The highest BCUT2D eigenvalue weighted by Gasteiger charge is 2.49. The van der Waals surface area contributed by atoms with E-state index in [9.17, 15) is 23.1 Å². The summed E-state index contributed by atoms with van der Waals surface area (Å²) in [6, 6.07) is 7.28. The van der Waals surface area contributed by atoms with Crippen LogP contribution in [0.5, 0.6) is 0 Å². The molecule has 3 rings (SSSR count). The summed E-state index contributed by atoms with van der Waals surface area (Å²) >= 11 is 1.27. The molecule has 2 saturated heterocycles. The number of thioether (sulfide) groups is 1. The maximum atomic E-state index is 12.0. The first-order valence-corrected chi connectivity index (χ1v) is 10.5. The SMILES string of the molecule is Cc1ccc(N2C(=NC(=O)CCC(=O)[O-])S[C@@H]3CS(=O)(=O)C[C@@H]32)cc1. The fourth-order valence-corrected chi connectivity index (χ4v) is 6.87. The van der Waals surface area contributed by atoms with Crippen LogP contribution in [-0.2, 0) is 19.4 Å². The van der Waals surface area contributed by atoms with Crippen LogP contribution in [0.3, 0.4) is 0 Å². The van der Waals surface area contributed by atoms with Crippen molar-refractivity contribution in [3.05, 3.63) is 29.8 Å². The quantitative estimate of drug-likeness (QED) is 0.729. The van der Waals surface area contributed by atoms with E-state index in [-0.39, 0.29) is 35.6 Å². The number of carbonyl (C=O) groups excluding carboxylic acids is 2. The van der Waals surface area contributed by atoms with Crippen molar-refractivity contribution in [3.63, 3.8) is 0 Å². The number of amides is 1. The molecule has 1 aromatic carbocycles. The number of sulfone groups is 1. The second-order valence-electron chi connectivity index (χ2n) is 6.17. The average Bonchev–Trinajstić information content (AvgIpc) is 2.97. The van der Waals surface area contributed by atoms with Gasteiger partial charge >= 0.3 is 0 Å². The van der Waals surface area contributed by atoms with Gasteiger partial charge in [-0.2, -0.15) is 4.99 Å². The molecular weight excluding hydrogens is 364 g/mol. The van der Waals surface area contributed by atoms with Gasteiger partial charge in [0.1, 0.15) is 0 Å². The molecule has 0 saturated carbocycles. The molecule has 25 heavy (non-hydrogen) atoms. The molecule has 0 N–H and O–H groups in total. The lowest BCUT2D eigenvalue weighted by Crippen LogP contribution is -2.37. The largest absolute Gasteiger partial charge is 0.550 e. The molecule has 0 bridgehead atoms. The minimum atomic E-state index is -3.12. The van der Waals surface area contributed by atoms with Gasteiger partial charge in [-0.25, -0.2) is 8.42 Å². The zero-order valence-electron chi connectivity index (χ0n) is 13.5. The van der Waals surface area contributed by atoms with E-state index in [0.29, 0.717) is 5.17 Å². The van der Waals surface area contributed by atoms with E-state index in [1.165, 1.54) is 11.8 Å². The van der Waals surface area contributed by atoms with Gasteiger partial charge in [0.15, 0.2) is 15.0 Å². The van der Waals surface area contributed by atoms with Crippen LogP contribution in [0.4, 0.5) is 5.69 Å². The van der Waals surface area contributed by atoms with Crippen LogP contribution in [0.25, 0.3) is 0 Å². The van der Waals surface area contributed by atoms with E-state index in [0.717, 1.165) is 11.3 Å². The summed E-state index contributed by atoms with van der Waals surface area (Å²) in [5.74, 6) is -1.78. The molecule has 0 aliphatic carbocycles. The molecule has 2 aliphatic heterocycles. The molecular formula is C16H17N2O5S2-. The summed E-state index contributed by atoms with van der Waals surface area (Å²) in [5, 5.41) is 10.7. The number of anilines is 1. The van der Waals surface area contributed by atoms with E-state index < -0.39 is 21.7 Å². The van der Waals surface area contributed by atoms with E-state index in [4.69, 9.17) is 0 Å². The standard InChI is InChI=1S/C16H18N2O5S2/c1-10-2-4-11(5-3-10)18-12-8-25(22,23)9-13(12)24-16(18)17-14(19)6-7-15(20)21/h2-5,12-13H,6-9H2,1H3,(H,20,21)/p-1/t12-,13+/m0/s1. The summed E-state index contributed by atoms with van der Waals surface area (Å²) in [6.45, 7) is 1.95. The maximum Gasteiger partial charge on any atom is 0.248 e. The predicted octanol–water partition coefficient (Wildman–Crippen LogP) is 0.127. The van der Waals surface area contributed by atoms with Crippen molar-refractivity contribution in [2.24, 2.45) is 4.99 Å². The Morgan fingerprint density at radius 2 is 1.92 bits per heavy atom. The molecule has 9 heteroatoms. The van der Waals surface area contributed by atoms with Crippen LogP contribution in [0.2, 0.25) is 0 Å². The molecule has 0 spiro atoms. The molecule has 2 aliphatic rings. The third-order valence-corrected chi connectivity index (χ3v) is 7.35. The number of rotatable bonds is 4. The fourth-order valence-electron chi connectivity index (χ4n) is 2.94. The van der Waals surface area contributed by atoms with Gasteiger partial charge in [0.2, 0.25) is 5.91 Å². The Morgan fingerprint density at radius 1 is 1.24 bits per heavy atom. The molecule has 7 nitrogen and oxygen atoms in total. The third kappa shape index (κ3) is 4.04. The number of nitrogens with zero attached hydrogens (tertiary/aromatic N) is 2. The van der Waals surface area contributed by atoms with Crippen molar-refractivity contribution in [1.29, 1.82) is 0 Å². The van der Waals surface area contributed by atoms with Crippen molar-refractivity contribution in [1.82, 2.24) is 0 Å². The summed E-state index contributed by atoms with van der Waals surface area (Å²) in [6.07, 6.45) is -0.617. The minimum Gasteiger partial charge on any atom is -0.550 e. The minimum absolute atomic E-state index is 0.0187. The van der Waals surface area contributed by atoms with Gasteiger partial charge < -0.3 is 14.8 Å². The lowest BCUT2D eigenvalue weighted by molar-refractivity contribution is -0.305. The number of carbonyl (C=O) groups is 2. The molecule has 2 atom stereocenters. The molecule has 1 amide bonds. The highest BCUT2D eigenvalue weighted by Crippen LogP contribution is 2.41. The molecule has 2 fully saturated rings. The van der Waals surface area contributed by atoms with Crippen molar-refractivity contribution < 1.29 is 23.1 Å². The molecule has 134 valence electrons. The number of hydrogen-bond acceptors (Lipinski definition) is 6. The van der Waals surface area contributed by atoms with Gasteiger partial charge in [-0.1, -0.05) is 29.5 Å². The summed E-state index contributed by atoms with van der Waals surface area (Å²) in [7, 11) is -3.12.